The third-order valence-corrected chi connectivity index (χ3v) is 5.16. The maximum absolute atomic E-state index is 6.04. The number of piperidine rings is 1. The van der Waals surface area contributed by atoms with E-state index in [1.54, 1.807) is 25.7 Å². The summed E-state index contributed by atoms with van der Waals surface area (Å²) in [6, 6.07) is 8.80. The summed E-state index contributed by atoms with van der Waals surface area (Å²) in [4.78, 5) is 19.0. The summed E-state index contributed by atoms with van der Waals surface area (Å²) >= 11 is 0. The van der Waals surface area contributed by atoms with Crippen molar-refractivity contribution < 1.29 is 4.74 Å². The molecule has 4 N–H and O–H groups in total. The van der Waals surface area contributed by atoms with E-state index in [9.17, 15) is 0 Å². The average molecular weight is 377 g/mol. The van der Waals surface area contributed by atoms with E-state index in [0.717, 1.165) is 42.6 Å². The van der Waals surface area contributed by atoms with Crippen LogP contribution in [0.4, 0.5) is 17.5 Å². The molecule has 1 fully saturated rings. The lowest BCUT2D eigenvalue weighted by molar-refractivity contribution is 0.380. The first-order valence-corrected chi connectivity index (χ1v) is 9.23. The lowest BCUT2D eigenvalue weighted by Crippen LogP contribution is -2.33. The minimum Gasteiger partial charge on any atom is -0.467 e. The summed E-state index contributed by atoms with van der Waals surface area (Å²) in [6.45, 7) is 1.88. The average Bonchev–Trinajstić information content (AvgIpc) is 2.74. The topological polar surface area (TPSA) is 116 Å². The van der Waals surface area contributed by atoms with Gasteiger partial charge in [-0.05, 0) is 36.5 Å². The summed E-state index contributed by atoms with van der Waals surface area (Å²) in [5, 5.41) is 0. The van der Waals surface area contributed by atoms with E-state index in [2.05, 4.69) is 49.1 Å². The predicted octanol–water partition coefficient (Wildman–Crippen LogP) is 2.49. The number of hydrogen-bond acceptors (Lipinski definition) is 8. The van der Waals surface area contributed by atoms with Crippen molar-refractivity contribution in [2.45, 2.75) is 18.8 Å². The van der Waals surface area contributed by atoms with E-state index in [4.69, 9.17) is 16.2 Å². The van der Waals surface area contributed by atoms with Crippen LogP contribution in [-0.4, -0.2) is 40.1 Å². The summed E-state index contributed by atoms with van der Waals surface area (Å²) in [5.41, 5.74) is 15.9. The largest absolute Gasteiger partial charge is 0.467 e. The fourth-order valence-corrected chi connectivity index (χ4v) is 3.63. The Hall–Kier alpha value is -3.42. The van der Waals surface area contributed by atoms with Crippen LogP contribution in [0, 0.1) is 0 Å². The van der Waals surface area contributed by atoms with Gasteiger partial charge >= 0.3 is 6.01 Å². The number of hydrogen-bond donors (Lipinski definition) is 2. The van der Waals surface area contributed by atoms with Gasteiger partial charge in [0.05, 0.1) is 7.11 Å². The van der Waals surface area contributed by atoms with Crippen molar-refractivity contribution in [1.82, 2.24) is 19.9 Å². The normalized spacial score (nSPS) is 14.8. The Labute approximate surface area is 163 Å². The van der Waals surface area contributed by atoms with Crippen molar-refractivity contribution in [3.05, 3.63) is 48.4 Å². The molecule has 0 radical (unpaired) electrons. The molecule has 3 heterocycles. The summed E-state index contributed by atoms with van der Waals surface area (Å²) < 4.78 is 5.03. The van der Waals surface area contributed by atoms with Gasteiger partial charge in [-0.1, -0.05) is 12.1 Å². The van der Waals surface area contributed by atoms with Crippen LogP contribution >= 0.6 is 0 Å². The molecule has 2 aromatic heterocycles. The van der Waals surface area contributed by atoms with Gasteiger partial charge in [-0.3, -0.25) is 0 Å². The van der Waals surface area contributed by atoms with E-state index < -0.39 is 0 Å². The molecule has 0 saturated carbocycles. The number of ether oxygens (including phenoxy) is 1. The van der Waals surface area contributed by atoms with Crippen molar-refractivity contribution >= 4 is 17.5 Å². The van der Waals surface area contributed by atoms with Crippen LogP contribution < -0.4 is 21.1 Å². The first kappa shape index (κ1) is 18.0. The molecule has 4 rings (SSSR count). The fourth-order valence-electron chi connectivity index (χ4n) is 3.63. The molecule has 8 nitrogen and oxygen atoms in total. The third-order valence-electron chi connectivity index (χ3n) is 5.16. The maximum Gasteiger partial charge on any atom is 0.316 e. The highest BCUT2D eigenvalue weighted by atomic mass is 16.5. The molecular formula is C20H23N7O. The second kappa shape index (κ2) is 7.67. The van der Waals surface area contributed by atoms with Crippen LogP contribution in [0.1, 0.15) is 24.3 Å². The molecule has 28 heavy (non-hydrogen) atoms. The van der Waals surface area contributed by atoms with Crippen LogP contribution in [0.15, 0.2) is 42.9 Å². The van der Waals surface area contributed by atoms with Gasteiger partial charge in [-0.15, -0.1) is 0 Å². The van der Waals surface area contributed by atoms with Crippen molar-refractivity contribution in [2.75, 3.05) is 36.6 Å². The number of nitrogen functional groups attached to an aromatic ring is 2. The Kier molecular flexibility index (Phi) is 4.92. The SMILES string of the molecule is COc1ncc(-c2cccc(N3CCC(c4cnc(N)nc4N)CC3)c2)cn1. The Morgan fingerprint density at radius 1 is 1.00 bits per heavy atom. The zero-order valence-corrected chi connectivity index (χ0v) is 15.7. The minimum atomic E-state index is 0.220. The van der Waals surface area contributed by atoms with Gasteiger partial charge in [0, 0.05) is 48.5 Å². The number of nitrogens with zero attached hydrogens (tertiary/aromatic N) is 5. The Balaban J connectivity index is 1.47. The zero-order valence-electron chi connectivity index (χ0n) is 15.7. The highest BCUT2D eigenvalue weighted by molar-refractivity contribution is 5.67. The highest BCUT2D eigenvalue weighted by Crippen LogP contribution is 2.33. The summed E-state index contributed by atoms with van der Waals surface area (Å²) in [5.74, 6) is 1.07. The Morgan fingerprint density at radius 2 is 1.75 bits per heavy atom. The molecule has 8 heteroatoms. The predicted molar refractivity (Wildman–Crippen MR) is 109 cm³/mol. The number of benzene rings is 1. The molecule has 0 unspecified atom stereocenters. The van der Waals surface area contributed by atoms with E-state index >= 15 is 0 Å². The van der Waals surface area contributed by atoms with Crippen LogP contribution in [0.3, 0.4) is 0 Å². The van der Waals surface area contributed by atoms with Crippen molar-refractivity contribution in [3.63, 3.8) is 0 Å². The summed E-state index contributed by atoms with van der Waals surface area (Å²) in [6.07, 6.45) is 7.31. The molecule has 144 valence electrons. The molecule has 1 aliphatic heterocycles. The smallest absolute Gasteiger partial charge is 0.316 e. The van der Waals surface area contributed by atoms with E-state index in [0.29, 0.717) is 17.7 Å². The highest BCUT2D eigenvalue weighted by Gasteiger charge is 2.23. The van der Waals surface area contributed by atoms with Crippen molar-refractivity contribution in [2.24, 2.45) is 0 Å². The van der Waals surface area contributed by atoms with Gasteiger partial charge in [-0.25, -0.2) is 15.0 Å². The number of aromatic nitrogens is 4. The molecule has 3 aromatic rings. The standard InChI is InChI=1S/C20H23N7O/c1-28-20-24-10-15(11-25-20)14-3-2-4-16(9-14)27-7-5-13(6-8-27)17-12-23-19(22)26-18(17)21/h2-4,9-13H,5-8H2,1H3,(H4,21,22,23,26). The fraction of sp³-hybridized carbons (Fsp3) is 0.300. The van der Waals surface area contributed by atoms with Gasteiger partial charge in [0.2, 0.25) is 5.95 Å². The molecule has 1 aliphatic rings. The van der Waals surface area contributed by atoms with Crippen molar-refractivity contribution in [3.8, 4) is 17.1 Å². The molecule has 0 aliphatic carbocycles. The van der Waals surface area contributed by atoms with E-state index in [1.807, 2.05) is 0 Å². The molecular weight excluding hydrogens is 354 g/mol. The van der Waals surface area contributed by atoms with E-state index in [-0.39, 0.29) is 5.95 Å². The maximum atomic E-state index is 6.04. The number of methoxy groups -OCH3 is 1. The van der Waals surface area contributed by atoms with Crippen LogP contribution in [0.25, 0.3) is 11.1 Å². The summed E-state index contributed by atoms with van der Waals surface area (Å²) in [7, 11) is 1.56. The second-order valence-corrected chi connectivity index (χ2v) is 6.84. The Bertz CT molecular complexity index is 953. The van der Waals surface area contributed by atoms with Crippen molar-refractivity contribution in [1.29, 1.82) is 0 Å². The van der Waals surface area contributed by atoms with Gasteiger partial charge in [0.1, 0.15) is 5.82 Å². The lowest BCUT2D eigenvalue weighted by Gasteiger charge is -2.34. The molecule has 1 saturated heterocycles. The quantitative estimate of drug-likeness (QED) is 0.712. The zero-order chi connectivity index (χ0) is 19.5. The molecule has 0 atom stereocenters. The van der Waals surface area contributed by atoms with Gasteiger partial charge in [0.15, 0.2) is 0 Å². The Morgan fingerprint density at radius 3 is 2.43 bits per heavy atom. The number of nitrogens with two attached hydrogens (primary N) is 2. The molecule has 0 amide bonds. The first-order valence-electron chi connectivity index (χ1n) is 9.23. The molecule has 0 spiro atoms. The van der Waals surface area contributed by atoms with Gasteiger partial charge in [0.25, 0.3) is 0 Å². The van der Waals surface area contributed by atoms with Crippen LogP contribution in [0.5, 0.6) is 6.01 Å². The van der Waals surface area contributed by atoms with Crippen LogP contribution in [0.2, 0.25) is 0 Å². The number of rotatable bonds is 4. The first-order chi connectivity index (χ1) is 13.6. The molecule has 1 aromatic carbocycles. The van der Waals surface area contributed by atoms with Crippen LogP contribution in [-0.2, 0) is 0 Å². The number of anilines is 3. The van der Waals surface area contributed by atoms with Gasteiger partial charge in [-0.2, -0.15) is 4.98 Å². The lowest BCUT2D eigenvalue weighted by atomic mass is 9.90. The molecule has 0 bridgehead atoms. The second-order valence-electron chi connectivity index (χ2n) is 6.84. The minimum absolute atomic E-state index is 0.220. The third kappa shape index (κ3) is 3.66. The monoisotopic (exact) mass is 377 g/mol. The van der Waals surface area contributed by atoms with E-state index in [1.165, 1.54) is 5.69 Å². The van der Waals surface area contributed by atoms with Gasteiger partial charge < -0.3 is 21.1 Å².